The number of rotatable bonds is 14. The first kappa shape index (κ1) is 25.4. The van der Waals surface area contributed by atoms with E-state index in [1.165, 1.54) is 32.1 Å². The lowest BCUT2D eigenvalue weighted by molar-refractivity contribution is -0.198. The molecule has 4 heteroatoms. The predicted octanol–water partition coefficient (Wildman–Crippen LogP) is 6.12. The van der Waals surface area contributed by atoms with Crippen molar-refractivity contribution in [2.75, 3.05) is 19.8 Å². The highest BCUT2D eigenvalue weighted by Gasteiger charge is 2.20. The summed E-state index contributed by atoms with van der Waals surface area (Å²) < 4.78 is 17.1. The standard InChI is InChI=1S/C22H44O4/c1-8-9-10-11-12-13-14-15-19(23)24-16-20(25-17-21(2,3)4)26-18-22(5,6)7/h20H,8-18H2,1-7H3. The highest BCUT2D eigenvalue weighted by atomic mass is 16.7. The maximum Gasteiger partial charge on any atom is 0.305 e. The molecular weight excluding hydrogens is 328 g/mol. The second-order valence-corrected chi connectivity index (χ2v) is 9.73. The van der Waals surface area contributed by atoms with E-state index < -0.39 is 6.29 Å². The van der Waals surface area contributed by atoms with E-state index >= 15 is 0 Å². The number of ether oxygens (including phenoxy) is 3. The number of unbranched alkanes of at least 4 members (excludes halogenated alkanes) is 6. The van der Waals surface area contributed by atoms with Crippen molar-refractivity contribution in [2.24, 2.45) is 10.8 Å². The largest absolute Gasteiger partial charge is 0.460 e. The van der Waals surface area contributed by atoms with Gasteiger partial charge in [0.15, 0.2) is 6.29 Å². The van der Waals surface area contributed by atoms with Crippen LogP contribution in [-0.2, 0) is 19.0 Å². The Morgan fingerprint density at radius 3 is 1.69 bits per heavy atom. The number of hydrogen-bond acceptors (Lipinski definition) is 4. The van der Waals surface area contributed by atoms with Crippen LogP contribution >= 0.6 is 0 Å². The second-order valence-electron chi connectivity index (χ2n) is 9.73. The number of carbonyl (C=O) groups excluding carboxylic acids is 1. The minimum absolute atomic E-state index is 0.0468. The topological polar surface area (TPSA) is 44.8 Å². The van der Waals surface area contributed by atoms with Gasteiger partial charge in [0, 0.05) is 6.42 Å². The zero-order valence-electron chi connectivity index (χ0n) is 18.5. The molecule has 0 radical (unpaired) electrons. The van der Waals surface area contributed by atoms with Crippen LogP contribution in [0, 0.1) is 10.8 Å². The van der Waals surface area contributed by atoms with Crippen molar-refractivity contribution >= 4 is 5.97 Å². The van der Waals surface area contributed by atoms with Gasteiger partial charge in [0.25, 0.3) is 0 Å². The molecule has 0 aliphatic carbocycles. The molecule has 0 aliphatic heterocycles. The molecule has 0 atom stereocenters. The van der Waals surface area contributed by atoms with Crippen molar-refractivity contribution in [1.29, 1.82) is 0 Å². The third-order valence-electron chi connectivity index (χ3n) is 3.77. The molecule has 0 aromatic heterocycles. The van der Waals surface area contributed by atoms with Gasteiger partial charge in [-0.25, -0.2) is 0 Å². The van der Waals surface area contributed by atoms with Crippen molar-refractivity contribution in [3.63, 3.8) is 0 Å². The molecule has 0 amide bonds. The molecule has 0 rings (SSSR count). The van der Waals surface area contributed by atoms with Gasteiger partial charge in [0.05, 0.1) is 13.2 Å². The number of esters is 1. The Kier molecular flexibility index (Phi) is 13.2. The predicted molar refractivity (Wildman–Crippen MR) is 108 cm³/mol. The summed E-state index contributed by atoms with van der Waals surface area (Å²) in [6, 6.07) is 0. The highest BCUT2D eigenvalue weighted by molar-refractivity contribution is 5.69. The fourth-order valence-electron chi connectivity index (χ4n) is 2.29. The molecule has 0 aliphatic rings. The maximum absolute atomic E-state index is 12.0. The quantitative estimate of drug-likeness (QED) is 0.209. The van der Waals surface area contributed by atoms with Crippen molar-refractivity contribution in [2.45, 2.75) is 106 Å². The molecule has 0 heterocycles. The van der Waals surface area contributed by atoms with Crippen LogP contribution in [0.2, 0.25) is 0 Å². The normalized spacial score (nSPS) is 12.6. The lowest BCUT2D eigenvalue weighted by Gasteiger charge is -2.27. The fraction of sp³-hybridized carbons (Fsp3) is 0.955. The van der Waals surface area contributed by atoms with Crippen LogP contribution < -0.4 is 0 Å². The van der Waals surface area contributed by atoms with Gasteiger partial charge in [-0.15, -0.1) is 0 Å². The van der Waals surface area contributed by atoms with Gasteiger partial charge < -0.3 is 14.2 Å². The van der Waals surface area contributed by atoms with E-state index in [1.54, 1.807) is 0 Å². The lowest BCUT2D eigenvalue weighted by Crippen LogP contribution is -2.31. The monoisotopic (exact) mass is 372 g/mol. The van der Waals surface area contributed by atoms with Gasteiger partial charge in [0.1, 0.15) is 6.61 Å². The minimum atomic E-state index is -0.494. The van der Waals surface area contributed by atoms with E-state index in [1.807, 2.05) is 0 Å². The number of carbonyl (C=O) groups is 1. The summed E-state index contributed by atoms with van der Waals surface area (Å²) in [7, 11) is 0. The van der Waals surface area contributed by atoms with Gasteiger partial charge in [-0.1, -0.05) is 87.0 Å². The summed E-state index contributed by atoms with van der Waals surface area (Å²) >= 11 is 0. The first-order valence-corrected chi connectivity index (χ1v) is 10.4. The van der Waals surface area contributed by atoms with E-state index in [-0.39, 0.29) is 23.4 Å². The summed E-state index contributed by atoms with van der Waals surface area (Å²) in [6.07, 6.45) is 8.36. The van der Waals surface area contributed by atoms with Crippen molar-refractivity contribution < 1.29 is 19.0 Å². The van der Waals surface area contributed by atoms with Crippen LogP contribution in [0.5, 0.6) is 0 Å². The van der Waals surface area contributed by atoms with Crippen LogP contribution in [0.1, 0.15) is 99.8 Å². The van der Waals surface area contributed by atoms with Gasteiger partial charge in [-0.05, 0) is 17.3 Å². The Morgan fingerprint density at radius 2 is 1.23 bits per heavy atom. The fourth-order valence-corrected chi connectivity index (χ4v) is 2.29. The van der Waals surface area contributed by atoms with E-state index in [2.05, 4.69) is 48.5 Å². The Labute approximate surface area is 162 Å². The van der Waals surface area contributed by atoms with Crippen LogP contribution in [0.4, 0.5) is 0 Å². The molecule has 0 aromatic rings. The van der Waals surface area contributed by atoms with E-state index in [4.69, 9.17) is 14.2 Å². The van der Waals surface area contributed by atoms with E-state index in [0.29, 0.717) is 19.6 Å². The Balaban J connectivity index is 4.05. The molecular formula is C22H44O4. The zero-order chi connectivity index (χ0) is 20.1. The van der Waals surface area contributed by atoms with Crippen LogP contribution in [0.15, 0.2) is 0 Å². The maximum atomic E-state index is 12.0. The first-order chi connectivity index (χ1) is 12.0. The zero-order valence-corrected chi connectivity index (χ0v) is 18.5. The smallest absolute Gasteiger partial charge is 0.305 e. The SMILES string of the molecule is CCCCCCCCCC(=O)OCC(OCC(C)(C)C)OCC(C)(C)C. The molecule has 0 saturated heterocycles. The Bertz CT molecular complexity index is 334. The minimum Gasteiger partial charge on any atom is -0.460 e. The third kappa shape index (κ3) is 18.2. The Hall–Kier alpha value is -0.610. The number of hydrogen-bond donors (Lipinski definition) is 0. The molecule has 0 bridgehead atoms. The molecule has 26 heavy (non-hydrogen) atoms. The molecule has 0 N–H and O–H groups in total. The molecule has 156 valence electrons. The van der Waals surface area contributed by atoms with Crippen LogP contribution in [0.25, 0.3) is 0 Å². The first-order valence-electron chi connectivity index (χ1n) is 10.4. The summed E-state index contributed by atoms with van der Waals surface area (Å²) in [6.45, 7) is 16.2. The van der Waals surface area contributed by atoms with Gasteiger partial charge >= 0.3 is 5.97 Å². The summed E-state index contributed by atoms with van der Waals surface area (Å²) in [5, 5.41) is 0. The summed E-state index contributed by atoms with van der Waals surface area (Å²) in [5.74, 6) is -0.151. The summed E-state index contributed by atoms with van der Waals surface area (Å²) in [5.41, 5.74) is 0.0935. The third-order valence-corrected chi connectivity index (χ3v) is 3.77. The summed E-state index contributed by atoms with van der Waals surface area (Å²) in [4.78, 5) is 12.0. The average Bonchev–Trinajstić information content (AvgIpc) is 2.51. The van der Waals surface area contributed by atoms with Gasteiger partial charge in [-0.3, -0.25) is 4.79 Å². The molecule has 0 unspecified atom stereocenters. The molecule has 0 aromatic carbocycles. The van der Waals surface area contributed by atoms with Crippen molar-refractivity contribution in [3.8, 4) is 0 Å². The van der Waals surface area contributed by atoms with Crippen molar-refractivity contribution in [1.82, 2.24) is 0 Å². The molecule has 0 fully saturated rings. The highest BCUT2D eigenvalue weighted by Crippen LogP contribution is 2.18. The van der Waals surface area contributed by atoms with Crippen molar-refractivity contribution in [3.05, 3.63) is 0 Å². The van der Waals surface area contributed by atoms with E-state index in [0.717, 1.165) is 12.8 Å². The lowest BCUT2D eigenvalue weighted by atomic mass is 9.98. The van der Waals surface area contributed by atoms with Gasteiger partial charge in [0.2, 0.25) is 0 Å². The average molecular weight is 373 g/mol. The molecule has 4 nitrogen and oxygen atoms in total. The van der Waals surface area contributed by atoms with E-state index in [9.17, 15) is 4.79 Å². The van der Waals surface area contributed by atoms with Gasteiger partial charge in [-0.2, -0.15) is 0 Å². The second kappa shape index (κ2) is 13.5. The van der Waals surface area contributed by atoms with Crippen LogP contribution in [0.3, 0.4) is 0 Å². The molecule has 0 saturated carbocycles. The molecule has 0 spiro atoms. The Morgan fingerprint density at radius 1 is 0.769 bits per heavy atom. The van der Waals surface area contributed by atoms with Crippen LogP contribution in [-0.4, -0.2) is 32.1 Å².